The molecule has 1 aliphatic heterocycles. The number of nitrogens with one attached hydrogen (secondary N) is 1. The molecule has 1 aromatic heterocycles. The molecule has 2 aliphatic rings. The van der Waals surface area contributed by atoms with Gasteiger partial charge in [-0.3, -0.25) is 9.59 Å². The molecular weight excluding hydrogens is 306 g/mol. The highest BCUT2D eigenvalue weighted by Gasteiger charge is 2.34. The molecule has 4 rings (SSSR count). The Morgan fingerprint density at radius 2 is 2.04 bits per heavy atom. The summed E-state index contributed by atoms with van der Waals surface area (Å²) in [4.78, 5) is 30.4. The second kappa shape index (κ2) is 5.78. The van der Waals surface area contributed by atoms with Gasteiger partial charge in [0.15, 0.2) is 6.39 Å². The first kappa shape index (κ1) is 14.9. The fourth-order valence-electron chi connectivity index (χ4n) is 3.34. The van der Waals surface area contributed by atoms with Crippen LogP contribution in [0.25, 0.3) is 0 Å². The molecule has 1 fully saturated rings. The van der Waals surface area contributed by atoms with Crippen molar-refractivity contribution < 1.29 is 14.0 Å². The van der Waals surface area contributed by atoms with E-state index in [0.29, 0.717) is 24.6 Å². The molecule has 2 heterocycles. The summed E-state index contributed by atoms with van der Waals surface area (Å²) in [6.07, 6.45) is 4.14. The monoisotopic (exact) mass is 325 g/mol. The summed E-state index contributed by atoms with van der Waals surface area (Å²) in [5.74, 6) is 0.462. The van der Waals surface area contributed by atoms with Crippen LogP contribution in [-0.4, -0.2) is 23.3 Å². The number of anilines is 1. The minimum atomic E-state index is -0.231. The Bertz CT molecular complexity index is 794. The summed E-state index contributed by atoms with van der Waals surface area (Å²) in [7, 11) is 0. The van der Waals surface area contributed by atoms with E-state index in [1.807, 2.05) is 24.3 Å². The highest BCUT2D eigenvalue weighted by Crippen LogP contribution is 2.41. The topological polar surface area (TPSA) is 75.4 Å². The summed E-state index contributed by atoms with van der Waals surface area (Å²) >= 11 is 0. The third-order valence-electron chi connectivity index (χ3n) is 4.70. The van der Waals surface area contributed by atoms with E-state index in [4.69, 9.17) is 4.42 Å². The average molecular weight is 325 g/mol. The molecule has 1 aromatic carbocycles. The Morgan fingerprint density at radius 3 is 2.79 bits per heavy atom. The number of para-hydroxylation sites is 1. The van der Waals surface area contributed by atoms with Gasteiger partial charge in [-0.25, -0.2) is 4.98 Å². The zero-order valence-electron chi connectivity index (χ0n) is 13.5. The highest BCUT2D eigenvalue weighted by atomic mass is 16.3. The van der Waals surface area contributed by atoms with Gasteiger partial charge in [0.05, 0.1) is 11.7 Å². The van der Waals surface area contributed by atoms with E-state index in [2.05, 4.69) is 10.3 Å². The number of aromatic nitrogens is 1. The Balaban J connectivity index is 1.58. The van der Waals surface area contributed by atoms with Gasteiger partial charge in [0.2, 0.25) is 11.7 Å². The van der Waals surface area contributed by atoms with Crippen molar-refractivity contribution in [1.29, 1.82) is 0 Å². The van der Waals surface area contributed by atoms with Gasteiger partial charge in [0.1, 0.15) is 0 Å². The molecule has 1 N–H and O–H groups in total. The third-order valence-corrected chi connectivity index (χ3v) is 4.70. The largest absolute Gasteiger partial charge is 0.438 e. The van der Waals surface area contributed by atoms with Crippen LogP contribution in [0.2, 0.25) is 0 Å². The number of fused-ring (bicyclic) bond motifs is 1. The van der Waals surface area contributed by atoms with E-state index < -0.39 is 0 Å². The number of carbonyl (C=O) groups excluding carboxylic acids is 2. The van der Waals surface area contributed by atoms with E-state index in [1.165, 1.54) is 6.39 Å². The fraction of sp³-hybridized carbons (Fsp3) is 0.389. The van der Waals surface area contributed by atoms with E-state index in [1.54, 1.807) is 11.8 Å². The van der Waals surface area contributed by atoms with Gasteiger partial charge in [0, 0.05) is 25.1 Å². The highest BCUT2D eigenvalue weighted by molar-refractivity contribution is 5.95. The lowest BCUT2D eigenvalue weighted by molar-refractivity contribution is -0.116. The smallest absolute Gasteiger partial charge is 0.289 e. The minimum absolute atomic E-state index is 0.0125. The van der Waals surface area contributed by atoms with Gasteiger partial charge in [-0.15, -0.1) is 0 Å². The normalized spacial score (nSPS) is 19.7. The molecular formula is C18H19N3O3. The predicted molar refractivity (Wildman–Crippen MR) is 87.8 cm³/mol. The van der Waals surface area contributed by atoms with Crippen molar-refractivity contribution in [3.63, 3.8) is 0 Å². The molecule has 0 spiro atoms. The number of oxazole rings is 1. The van der Waals surface area contributed by atoms with Gasteiger partial charge >= 0.3 is 0 Å². The van der Waals surface area contributed by atoms with Gasteiger partial charge in [-0.2, -0.15) is 0 Å². The maximum absolute atomic E-state index is 12.6. The second-order valence-corrected chi connectivity index (χ2v) is 6.39. The summed E-state index contributed by atoms with van der Waals surface area (Å²) in [6.45, 7) is 2.15. The number of benzene rings is 1. The number of nitrogens with zero attached hydrogens (tertiary/aromatic N) is 2. The number of amides is 2. The van der Waals surface area contributed by atoms with Crippen LogP contribution >= 0.6 is 0 Å². The van der Waals surface area contributed by atoms with Crippen LogP contribution in [0.5, 0.6) is 0 Å². The van der Waals surface area contributed by atoms with Crippen LogP contribution < -0.4 is 10.2 Å². The van der Waals surface area contributed by atoms with Crippen LogP contribution in [-0.2, 0) is 4.79 Å². The van der Waals surface area contributed by atoms with Gasteiger partial charge < -0.3 is 14.6 Å². The molecule has 2 aromatic rings. The molecule has 0 saturated heterocycles. The average Bonchev–Trinajstić information content (AvgIpc) is 3.31. The lowest BCUT2D eigenvalue weighted by atomic mass is 9.96. The lowest BCUT2D eigenvalue weighted by Crippen LogP contribution is -2.40. The summed E-state index contributed by atoms with van der Waals surface area (Å²) in [5.41, 5.74) is 2.59. The van der Waals surface area contributed by atoms with E-state index >= 15 is 0 Å². The minimum Gasteiger partial charge on any atom is -0.438 e. The standard InChI is InChI=1S/C18H19N3O3/c1-11(22)21-9-8-14(13-4-2-3-5-15(13)21)20-18(23)17-16(12-6-7-12)19-10-24-17/h2-5,10,12,14H,6-9H2,1H3,(H,20,23). The Kier molecular flexibility index (Phi) is 3.59. The maximum atomic E-state index is 12.6. The molecule has 1 unspecified atom stereocenters. The van der Waals surface area contributed by atoms with Crippen molar-refractivity contribution >= 4 is 17.5 Å². The van der Waals surface area contributed by atoms with E-state index in [-0.39, 0.29) is 17.9 Å². The van der Waals surface area contributed by atoms with Crippen molar-refractivity contribution in [2.24, 2.45) is 0 Å². The quantitative estimate of drug-likeness (QED) is 0.941. The molecule has 0 bridgehead atoms. The first-order valence-electron chi connectivity index (χ1n) is 8.26. The number of rotatable bonds is 3. The van der Waals surface area contributed by atoms with Crippen molar-refractivity contribution in [3.8, 4) is 0 Å². The fourth-order valence-corrected chi connectivity index (χ4v) is 3.34. The van der Waals surface area contributed by atoms with Crippen LogP contribution in [0, 0.1) is 0 Å². The van der Waals surface area contributed by atoms with Crippen LogP contribution in [0.1, 0.15) is 60.0 Å². The zero-order valence-corrected chi connectivity index (χ0v) is 13.5. The molecule has 24 heavy (non-hydrogen) atoms. The van der Waals surface area contributed by atoms with Crippen LogP contribution in [0.3, 0.4) is 0 Å². The number of carbonyl (C=O) groups is 2. The summed E-state index contributed by atoms with van der Waals surface area (Å²) in [5, 5.41) is 3.05. The Hall–Kier alpha value is -2.63. The van der Waals surface area contributed by atoms with Gasteiger partial charge in [-0.05, 0) is 30.9 Å². The van der Waals surface area contributed by atoms with Crippen molar-refractivity contribution in [3.05, 3.63) is 47.7 Å². The van der Waals surface area contributed by atoms with Crippen molar-refractivity contribution in [2.45, 2.75) is 38.1 Å². The van der Waals surface area contributed by atoms with Crippen LogP contribution in [0.4, 0.5) is 5.69 Å². The first-order valence-corrected chi connectivity index (χ1v) is 8.26. The molecule has 1 atom stereocenters. The van der Waals surface area contributed by atoms with Crippen molar-refractivity contribution in [1.82, 2.24) is 10.3 Å². The van der Waals surface area contributed by atoms with Gasteiger partial charge in [-0.1, -0.05) is 18.2 Å². The van der Waals surface area contributed by atoms with Gasteiger partial charge in [0.25, 0.3) is 5.91 Å². The molecule has 124 valence electrons. The summed E-state index contributed by atoms with van der Waals surface area (Å²) < 4.78 is 5.33. The predicted octanol–water partition coefficient (Wildman–Crippen LogP) is 2.78. The zero-order chi connectivity index (χ0) is 16.7. The molecule has 6 nitrogen and oxygen atoms in total. The van der Waals surface area contributed by atoms with Crippen molar-refractivity contribution in [2.75, 3.05) is 11.4 Å². The molecule has 1 aliphatic carbocycles. The van der Waals surface area contributed by atoms with E-state index in [0.717, 1.165) is 29.8 Å². The number of hydrogen-bond donors (Lipinski definition) is 1. The second-order valence-electron chi connectivity index (χ2n) is 6.39. The Labute approximate surface area is 139 Å². The van der Waals surface area contributed by atoms with Crippen LogP contribution in [0.15, 0.2) is 35.1 Å². The molecule has 0 radical (unpaired) electrons. The number of hydrogen-bond acceptors (Lipinski definition) is 4. The third kappa shape index (κ3) is 2.58. The maximum Gasteiger partial charge on any atom is 0.289 e. The summed E-state index contributed by atoms with van der Waals surface area (Å²) in [6, 6.07) is 7.56. The molecule has 6 heteroatoms. The SMILES string of the molecule is CC(=O)N1CCC(NC(=O)c2ocnc2C2CC2)c2ccccc21. The lowest BCUT2D eigenvalue weighted by Gasteiger charge is -2.34. The first-order chi connectivity index (χ1) is 11.6. The Morgan fingerprint density at radius 1 is 1.25 bits per heavy atom. The molecule has 1 saturated carbocycles. The van der Waals surface area contributed by atoms with E-state index in [9.17, 15) is 9.59 Å². The molecule has 2 amide bonds.